The molecule has 218 valence electrons. The highest BCUT2D eigenvalue weighted by Gasteiger charge is 2.38. The van der Waals surface area contributed by atoms with Gasteiger partial charge in [0, 0.05) is 18.2 Å². The van der Waals surface area contributed by atoms with Crippen molar-refractivity contribution in [2.45, 2.75) is 91.8 Å². The van der Waals surface area contributed by atoms with Crippen LogP contribution in [0.4, 0.5) is 0 Å². The predicted molar refractivity (Wildman–Crippen MR) is 160 cm³/mol. The van der Waals surface area contributed by atoms with Gasteiger partial charge in [-0.25, -0.2) is 0 Å². The summed E-state index contributed by atoms with van der Waals surface area (Å²) in [5.41, 5.74) is 4.61. The average molecular weight is 551 g/mol. The monoisotopic (exact) mass is 550 g/mol. The van der Waals surface area contributed by atoms with Crippen LogP contribution in [-0.4, -0.2) is 31.4 Å². The molecule has 0 fully saturated rings. The normalized spacial score (nSPS) is 12.9. The number of aryl methyl sites for hydroxylation is 1. The molecule has 0 aliphatic rings. The van der Waals surface area contributed by atoms with Gasteiger partial charge in [-0.2, -0.15) is 0 Å². The Kier molecular flexibility index (Phi) is 13.1. The summed E-state index contributed by atoms with van der Waals surface area (Å²) in [6, 6.07) is 8.78. The summed E-state index contributed by atoms with van der Waals surface area (Å²) in [6.45, 7) is 9.80. The molecule has 6 heteroatoms. The van der Waals surface area contributed by atoms with E-state index >= 15 is 0 Å². The molecule has 0 aliphatic carbocycles. The smallest absolute Gasteiger partial charge is 0.244 e. The van der Waals surface area contributed by atoms with Gasteiger partial charge in [-0.05, 0) is 95.7 Å². The van der Waals surface area contributed by atoms with Crippen molar-refractivity contribution >= 4 is 12.1 Å². The number of hydrogen-bond donors (Lipinski definition) is 1. The molecule has 0 heterocycles. The number of aldehydes is 1. The number of carbonyl (C=O) groups excluding carboxylic acids is 2. The van der Waals surface area contributed by atoms with Gasteiger partial charge in [0.05, 0.1) is 19.1 Å². The second-order valence-corrected chi connectivity index (χ2v) is 10.6. The average Bonchev–Trinajstić information content (AvgIpc) is 2.92. The Bertz CT molecular complexity index is 1190. The van der Waals surface area contributed by atoms with Gasteiger partial charge in [0.15, 0.2) is 6.29 Å². The summed E-state index contributed by atoms with van der Waals surface area (Å²) in [5.74, 6) is -0.710. The van der Waals surface area contributed by atoms with Crippen LogP contribution < -0.4 is 9.47 Å². The molecule has 0 bridgehead atoms. The summed E-state index contributed by atoms with van der Waals surface area (Å²) in [7, 11) is 3.06. The molecule has 0 aromatic heterocycles. The molecule has 0 aliphatic heterocycles. The molecule has 0 saturated heterocycles. The summed E-state index contributed by atoms with van der Waals surface area (Å²) >= 11 is 0. The van der Waals surface area contributed by atoms with Gasteiger partial charge in [0.25, 0.3) is 0 Å². The predicted octanol–water partition coefficient (Wildman–Crippen LogP) is 8.04. The number of phenols is 1. The first kappa shape index (κ1) is 32.8. The van der Waals surface area contributed by atoms with E-state index in [1.165, 1.54) is 25.2 Å². The van der Waals surface area contributed by atoms with Crippen molar-refractivity contribution in [3.05, 3.63) is 75.9 Å². The molecule has 6 nitrogen and oxygen atoms in total. The zero-order valence-corrected chi connectivity index (χ0v) is 25.3. The van der Waals surface area contributed by atoms with Crippen molar-refractivity contribution in [3.8, 4) is 17.2 Å². The van der Waals surface area contributed by atoms with Gasteiger partial charge in [-0.3, -0.25) is 9.59 Å². The summed E-state index contributed by atoms with van der Waals surface area (Å²) in [6.07, 6.45) is 10.7. The van der Waals surface area contributed by atoms with E-state index < -0.39 is 5.79 Å². The third-order valence-electron chi connectivity index (χ3n) is 7.01. The molecule has 2 aromatic carbocycles. The number of ether oxygens (including phenoxy) is 3. The number of allylic oxidation sites excluding steroid dienone is 4. The van der Waals surface area contributed by atoms with E-state index in [0.29, 0.717) is 40.8 Å². The van der Waals surface area contributed by atoms with Gasteiger partial charge in [-0.15, -0.1) is 0 Å². The number of phenolic OH excluding ortho intramolecular Hbond substituents is 1. The maximum Gasteiger partial charge on any atom is 0.244 e. The molecule has 0 spiro atoms. The van der Waals surface area contributed by atoms with Crippen molar-refractivity contribution in [3.63, 3.8) is 0 Å². The fraction of sp³-hybridized carbons (Fsp3) is 0.471. The summed E-state index contributed by atoms with van der Waals surface area (Å²) < 4.78 is 17.9. The molecule has 1 atom stereocenters. The summed E-state index contributed by atoms with van der Waals surface area (Å²) in [4.78, 5) is 25.1. The Hall–Kier alpha value is -3.38. The number of rotatable bonds is 17. The van der Waals surface area contributed by atoms with Gasteiger partial charge in [-0.1, -0.05) is 43.1 Å². The fourth-order valence-electron chi connectivity index (χ4n) is 4.70. The van der Waals surface area contributed by atoms with Crippen molar-refractivity contribution in [2.75, 3.05) is 14.2 Å². The SMILES string of the molecule is CCCCCc1cc(O)c(C/C=C(\C)CCC=C(C)C)c(OC(CC(C)=O)(OC)c2ccc(OC)cc2)c1C=O. The van der Waals surface area contributed by atoms with E-state index in [9.17, 15) is 14.7 Å². The first-order valence-corrected chi connectivity index (χ1v) is 14.1. The third-order valence-corrected chi connectivity index (χ3v) is 7.01. The molecule has 0 saturated carbocycles. The molecule has 2 aromatic rings. The van der Waals surface area contributed by atoms with E-state index in [4.69, 9.17) is 14.2 Å². The maximum absolute atomic E-state index is 12.6. The number of Topliss-reactive ketones (excluding diaryl/α,β-unsaturated/α-hetero) is 1. The fourth-order valence-corrected chi connectivity index (χ4v) is 4.70. The number of methoxy groups -OCH3 is 2. The van der Waals surface area contributed by atoms with E-state index in [2.05, 4.69) is 39.8 Å². The second-order valence-electron chi connectivity index (χ2n) is 10.6. The van der Waals surface area contributed by atoms with Gasteiger partial charge < -0.3 is 19.3 Å². The lowest BCUT2D eigenvalue weighted by Crippen LogP contribution is -2.38. The topological polar surface area (TPSA) is 82.1 Å². The second kappa shape index (κ2) is 16.0. The molecular formula is C34H46O6. The number of ketones is 1. The summed E-state index contributed by atoms with van der Waals surface area (Å²) in [5, 5.41) is 11.2. The van der Waals surface area contributed by atoms with Crippen LogP contribution in [0.3, 0.4) is 0 Å². The lowest BCUT2D eigenvalue weighted by Gasteiger charge is -2.34. The van der Waals surface area contributed by atoms with Crippen LogP contribution in [0.15, 0.2) is 53.6 Å². The van der Waals surface area contributed by atoms with E-state index in [1.54, 1.807) is 37.4 Å². The zero-order valence-electron chi connectivity index (χ0n) is 25.3. The van der Waals surface area contributed by atoms with Crippen LogP contribution in [0.25, 0.3) is 0 Å². The highest BCUT2D eigenvalue weighted by Crippen LogP contribution is 2.41. The van der Waals surface area contributed by atoms with E-state index in [-0.39, 0.29) is 23.7 Å². The molecule has 2 rings (SSSR count). The first-order chi connectivity index (χ1) is 19.1. The lowest BCUT2D eigenvalue weighted by molar-refractivity contribution is -0.180. The maximum atomic E-state index is 12.6. The zero-order chi connectivity index (χ0) is 29.7. The Labute approximate surface area is 240 Å². The van der Waals surface area contributed by atoms with Crippen LogP contribution in [0.2, 0.25) is 0 Å². The van der Waals surface area contributed by atoms with Gasteiger partial charge in [0.1, 0.15) is 23.0 Å². The number of carbonyl (C=O) groups is 2. The molecular weight excluding hydrogens is 504 g/mol. The largest absolute Gasteiger partial charge is 0.508 e. The number of hydrogen-bond acceptors (Lipinski definition) is 6. The lowest BCUT2D eigenvalue weighted by atomic mass is 9.94. The standard InChI is InChI=1S/C34H46O6/c1-8-9-10-14-27-21-32(37)30(20-15-25(4)13-11-12-24(2)3)33(31(27)23-35)40-34(39-7,22-26(5)36)28-16-18-29(38-6)19-17-28/h12,15-19,21,23,37H,8-11,13-14,20,22H2,1-7H3/b25-15+. The highest BCUT2D eigenvalue weighted by molar-refractivity contribution is 5.84. The number of aromatic hydroxyl groups is 1. The number of unbranched alkanes of at least 4 members (excludes halogenated alkanes) is 2. The van der Waals surface area contributed by atoms with Crippen LogP contribution >= 0.6 is 0 Å². The highest BCUT2D eigenvalue weighted by atomic mass is 16.7. The molecule has 40 heavy (non-hydrogen) atoms. The first-order valence-electron chi connectivity index (χ1n) is 14.1. The van der Waals surface area contributed by atoms with Crippen LogP contribution in [0, 0.1) is 0 Å². The minimum atomic E-state index is -1.51. The van der Waals surface area contributed by atoms with Crippen molar-refractivity contribution in [1.82, 2.24) is 0 Å². The molecule has 0 radical (unpaired) electrons. The van der Waals surface area contributed by atoms with Crippen molar-refractivity contribution in [1.29, 1.82) is 0 Å². The molecule has 1 N–H and O–H groups in total. The van der Waals surface area contributed by atoms with Crippen molar-refractivity contribution < 1.29 is 28.9 Å². The minimum absolute atomic E-state index is 0.0583. The Balaban J connectivity index is 2.69. The van der Waals surface area contributed by atoms with E-state index in [0.717, 1.165) is 38.4 Å². The van der Waals surface area contributed by atoms with Crippen LogP contribution in [0.1, 0.15) is 100 Å². The Morgan fingerprint density at radius 2 is 1.73 bits per heavy atom. The third kappa shape index (κ3) is 9.09. The van der Waals surface area contributed by atoms with Crippen LogP contribution in [0.5, 0.6) is 17.2 Å². The van der Waals surface area contributed by atoms with Gasteiger partial charge in [0.2, 0.25) is 5.79 Å². The minimum Gasteiger partial charge on any atom is -0.508 e. The van der Waals surface area contributed by atoms with Gasteiger partial charge >= 0.3 is 0 Å². The quantitative estimate of drug-likeness (QED) is 0.0929. The number of benzene rings is 2. The van der Waals surface area contributed by atoms with Crippen LogP contribution in [-0.2, 0) is 28.2 Å². The molecule has 0 amide bonds. The van der Waals surface area contributed by atoms with E-state index in [1.807, 2.05) is 0 Å². The van der Waals surface area contributed by atoms with Crippen molar-refractivity contribution in [2.24, 2.45) is 0 Å². The molecule has 1 unspecified atom stereocenters. The Morgan fingerprint density at radius 1 is 1.02 bits per heavy atom. The Morgan fingerprint density at radius 3 is 2.27 bits per heavy atom.